The second-order valence-electron chi connectivity index (χ2n) is 7.21. The fraction of sp³-hybridized carbons (Fsp3) is 0.368. The number of pyridine rings is 1. The summed E-state index contributed by atoms with van der Waals surface area (Å²) < 4.78 is 14.9. The Labute approximate surface area is 160 Å². The van der Waals surface area contributed by atoms with Crippen LogP contribution in [0.2, 0.25) is 0 Å². The molecule has 2 aromatic rings. The number of aromatic nitrogens is 3. The highest BCUT2D eigenvalue weighted by atomic mass is 19.1. The molecule has 1 aliphatic carbocycles. The van der Waals surface area contributed by atoms with Crippen LogP contribution in [0.5, 0.6) is 0 Å². The predicted molar refractivity (Wildman–Crippen MR) is 103 cm³/mol. The van der Waals surface area contributed by atoms with Gasteiger partial charge in [-0.05, 0) is 55.9 Å². The molecule has 1 unspecified atom stereocenters. The fourth-order valence-corrected chi connectivity index (χ4v) is 4.00. The average Bonchev–Trinajstić information content (AvgIpc) is 2.80. The Morgan fingerprint density at radius 1 is 1.32 bits per heavy atom. The molecule has 9 heteroatoms. The minimum absolute atomic E-state index is 0.259. The van der Waals surface area contributed by atoms with Crippen LogP contribution in [0, 0.1) is 6.92 Å². The molecule has 4 N–H and O–H groups in total. The number of aryl methyl sites for hydroxylation is 1. The van der Waals surface area contributed by atoms with Crippen LogP contribution in [-0.4, -0.2) is 27.1 Å². The molecule has 1 aliphatic heterocycles. The number of carbonyl (C=O) groups excluding carboxylic acids is 1. The molecule has 0 aromatic carbocycles. The van der Waals surface area contributed by atoms with E-state index in [0.717, 1.165) is 12.8 Å². The summed E-state index contributed by atoms with van der Waals surface area (Å²) in [5, 5.41) is 5.89. The SMILES string of the molecule is Cc1cc(Nc2cc(N)ncn2)c(=O)n2c1C(=O)NC21C=C(CF)CCCC1. The van der Waals surface area contributed by atoms with Crippen molar-refractivity contribution in [2.75, 3.05) is 17.7 Å². The molecule has 0 saturated heterocycles. The van der Waals surface area contributed by atoms with Crippen LogP contribution in [0.4, 0.5) is 21.7 Å². The first-order chi connectivity index (χ1) is 13.4. The molecule has 8 nitrogen and oxygen atoms in total. The second-order valence-corrected chi connectivity index (χ2v) is 7.21. The molecule has 0 bridgehead atoms. The van der Waals surface area contributed by atoms with E-state index in [4.69, 9.17) is 5.73 Å². The third-order valence-electron chi connectivity index (χ3n) is 5.21. The van der Waals surface area contributed by atoms with Crippen molar-refractivity contribution in [3.63, 3.8) is 0 Å². The number of allylic oxidation sites excluding steroid dienone is 1. The molecule has 3 heterocycles. The Balaban J connectivity index is 1.88. The Morgan fingerprint density at radius 2 is 2.14 bits per heavy atom. The van der Waals surface area contributed by atoms with Crippen molar-refractivity contribution in [3.05, 3.63) is 51.7 Å². The Morgan fingerprint density at radius 3 is 2.89 bits per heavy atom. The lowest BCUT2D eigenvalue weighted by molar-refractivity contribution is 0.0934. The van der Waals surface area contributed by atoms with Crippen molar-refractivity contribution in [1.29, 1.82) is 0 Å². The minimum Gasteiger partial charge on any atom is -0.384 e. The molecule has 1 amide bonds. The van der Waals surface area contributed by atoms with E-state index in [9.17, 15) is 14.0 Å². The summed E-state index contributed by atoms with van der Waals surface area (Å²) in [4.78, 5) is 33.9. The molecule has 2 aromatic heterocycles. The number of rotatable bonds is 3. The summed E-state index contributed by atoms with van der Waals surface area (Å²) in [5.74, 6) is 0.309. The van der Waals surface area contributed by atoms with Crippen molar-refractivity contribution in [1.82, 2.24) is 19.9 Å². The third-order valence-corrected chi connectivity index (χ3v) is 5.21. The summed E-state index contributed by atoms with van der Waals surface area (Å²) in [6, 6.07) is 3.13. The number of alkyl halides is 1. The molecule has 2 aliphatic rings. The van der Waals surface area contributed by atoms with E-state index < -0.39 is 12.3 Å². The van der Waals surface area contributed by atoms with Crippen LogP contribution < -0.4 is 21.9 Å². The van der Waals surface area contributed by atoms with Gasteiger partial charge in [0.25, 0.3) is 11.5 Å². The molecule has 1 spiro atoms. The van der Waals surface area contributed by atoms with E-state index in [0.29, 0.717) is 35.5 Å². The molecule has 146 valence electrons. The number of amides is 1. The zero-order valence-corrected chi connectivity index (χ0v) is 15.5. The number of nitrogens with zero attached hydrogens (tertiary/aromatic N) is 3. The zero-order chi connectivity index (χ0) is 19.9. The number of anilines is 3. The van der Waals surface area contributed by atoms with Crippen molar-refractivity contribution < 1.29 is 9.18 Å². The highest BCUT2D eigenvalue weighted by molar-refractivity contribution is 5.97. The predicted octanol–water partition coefficient (Wildman–Crippen LogP) is 2.14. The van der Waals surface area contributed by atoms with Gasteiger partial charge in [-0.3, -0.25) is 14.2 Å². The van der Waals surface area contributed by atoms with Crippen LogP contribution in [0.25, 0.3) is 0 Å². The molecule has 1 atom stereocenters. The van der Waals surface area contributed by atoms with Gasteiger partial charge in [-0.15, -0.1) is 0 Å². The Kier molecular flexibility index (Phi) is 4.37. The van der Waals surface area contributed by atoms with Gasteiger partial charge in [0.05, 0.1) is 0 Å². The first kappa shape index (κ1) is 18.1. The summed E-state index contributed by atoms with van der Waals surface area (Å²) in [6.45, 7) is 1.17. The highest BCUT2D eigenvalue weighted by Gasteiger charge is 2.43. The number of nitrogens with two attached hydrogens (primary N) is 1. The van der Waals surface area contributed by atoms with Gasteiger partial charge in [0.15, 0.2) is 0 Å². The van der Waals surface area contributed by atoms with E-state index in [-0.39, 0.29) is 23.0 Å². The number of hydrogen-bond acceptors (Lipinski definition) is 6. The summed E-state index contributed by atoms with van der Waals surface area (Å²) in [6.07, 6.45) is 5.74. The molecule has 4 rings (SSSR count). The number of nitrogen functional groups attached to an aromatic ring is 1. The van der Waals surface area contributed by atoms with E-state index in [2.05, 4.69) is 20.6 Å². The smallest absolute Gasteiger partial charge is 0.277 e. The monoisotopic (exact) mass is 384 g/mol. The largest absolute Gasteiger partial charge is 0.384 e. The van der Waals surface area contributed by atoms with Gasteiger partial charge in [0.1, 0.15) is 41.7 Å². The van der Waals surface area contributed by atoms with E-state index in [1.54, 1.807) is 19.1 Å². The van der Waals surface area contributed by atoms with Crippen LogP contribution in [0.3, 0.4) is 0 Å². The van der Waals surface area contributed by atoms with Gasteiger partial charge in [-0.2, -0.15) is 0 Å². The minimum atomic E-state index is -1.05. The lowest BCUT2D eigenvalue weighted by atomic mass is 10.0. The van der Waals surface area contributed by atoms with Crippen LogP contribution in [-0.2, 0) is 5.66 Å². The number of carbonyl (C=O) groups is 1. The van der Waals surface area contributed by atoms with Gasteiger partial charge in [0, 0.05) is 6.07 Å². The number of halogens is 1. The Bertz CT molecular complexity index is 1050. The summed E-state index contributed by atoms with van der Waals surface area (Å²) >= 11 is 0. The Hall–Kier alpha value is -3.23. The van der Waals surface area contributed by atoms with Crippen molar-refractivity contribution in [2.24, 2.45) is 0 Å². The van der Waals surface area contributed by atoms with Gasteiger partial charge < -0.3 is 16.4 Å². The molecule has 28 heavy (non-hydrogen) atoms. The summed E-state index contributed by atoms with van der Waals surface area (Å²) in [5.41, 5.74) is 6.04. The van der Waals surface area contributed by atoms with Crippen LogP contribution >= 0.6 is 0 Å². The molecular weight excluding hydrogens is 363 g/mol. The van der Waals surface area contributed by atoms with Gasteiger partial charge in [0.2, 0.25) is 0 Å². The van der Waals surface area contributed by atoms with Gasteiger partial charge in [-0.1, -0.05) is 0 Å². The van der Waals surface area contributed by atoms with Crippen molar-refractivity contribution >= 4 is 23.2 Å². The average molecular weight is 384 g/mol. The quantitative estimate of drug-likeness (QED) is 0.699. The number of fused-ring (bicyclic) bond motifs is 2. The van der Waals surface area contributed by atoms with Crippen molar-refractivity contribution in [3.8, 4) is 0 Å². The number of hydrogen-bond donors (Lipinski definition) is 3. The second kappa shape index (κ2) is 6.74. The van der Waals surface area contributed by atoms with Gasteiger partial charge >= 0.3 is 0 Å². The molecule has 0 saturated carbocycles. The molecular formula is C19H21FN6O2. The highest BCUT2D eigenvalue weighted by Crippen LogP contribution is 2.35. The van der Waals surface area contributed by atoms with Gasteiger partial charge in [-0.25, -0.2) is 14.4 Å². The fourth-order valence-electron chi connectivity index (χ4n) is 4.00. The lowest BCUT2D eigenvalue weighted by Crippen LogP contribution is -2.46. The third kappa shape index (κ3) is 2.92. The van der Waals surface area contributed by atoms with E-state index in [1.165, 1.54) is 17.0 Å². The first-order valence-corrected chi connectivity index (χ1v) is 9.14. The zero-order valence-electron chi connectivity index (χ0n) is 15.5. The normalized spacial score (nSPS) is 21.1. The maximum atomic E-state index is 13.4. The lowest BCUT2D eigenvalue weighted by Gasteiger charge is -2.28. The molecule has 0 fully saturated rings. The first-order valence-electron chi connectivity index (χ1n) is 9.14. The standard InChI is InChI=1S/C19H21FN6O2/c1-11-6-13(24-15-7-14(21)22-10-23-15)18(28)26-16(11)17(27)25-19(26)5-3-2-4-12(8-19)9-20/h6-8,10H,2-5,9H2,1H3,(H,25,27)(H3,21,22,23,24). The number of nitrogens with one attached hydrogen (secondary N) is 2. The van der Waals surface area contributed by atoms with E-state index in [1.807, 2.05) is 0 Å². The van der Waals surface area contributed by atoms with Crippen molar-refractivity contribution in [2.45, 2.75) is 38.3 Å². The van der Waals surface area contributed by atoms with E-state index >= 15 is 0 Å². The maximum absolute atomic E-state index is 13.4. The summed E-state index contributed by atoms with van der Waals surface area (Å²) in [7, 11) is 0. The molecule has 0 radical (unpaired) electrons. The maximum Gasteiger partial charge on any atom is 0.277 e. The topological polar surface area (TPSA) is 115 Å². The van der Waals surface area contributed by atoms with Crippen LogP contribution in [0.15, 0.2) is 34.9 Å². The van der Waals surface area contributed by atoms with Crippen LogP contribution in [0.1, 0.15) is 41.7 Å².